The van der Waals surface area contributed by atoms with Gasteiger partial charge in [0.2, 0.25) is 0 Å². The fourth-order valence-electron chi connectivity index (χ4n) is 2.93. The highest BCUT2D eigenvalue weighted by Crippen LogP contribution is 2.35. The predicted molar refractivity (Wildman–Crippen MR) is 96.9 cm³/mol. The van der Waals surface area contributed by atoms with E-state index in [4.69, 9.17) is 16.3 Å². The number of nitrogens with zero attached hydrogens (tertiary/aromatic N) is 2. The lowest BCUT2D eigenvalue weighted by Crippen LogP contribution is -2.24. The average Bonchev–Trinajstić information content (AvgIpc) is 3.43. The van der Waals surface area contributed by atoms with Gasteiger partial charge in [-0.15, -0.1) is 0 Å². The van der Waals surface area contributed by atoms with E-state index in [1.807, 2.05) is 35.2 Å². The van der Waals surface area contributed by atoms with Gasteiger partial charge in [0, 0.05) is 16.6 Å². The van der Waals surface area contributed by atoms with E-state index in [2.05, 4.69) is 4.98 Å². The van der Waals surface area contributed by atoms with Crippen molar-refractivity contribution in [2.24, 2.45) is 0 Å². The summed E-state index contributed by atoms with van der Waals surface area (Å²) in [5, 5.41) is 11.1. The molecule has 1 N–H and O–H groups in total. The largest absolute Gasteiger partial charge is 0.478 e. The number of rotatable bonds is 5. The van der Waals surface area contributed by atoms with E-state index in [1.165, 1.54) is 0 Å². The highest BCUT2D eigenvalue weighted by Gasteiger charge is 2.29. The first-order valence-electron chi connectivity index (χ1n) is 7.89. The molecule has 25 heavy (non-hydrogen) atoms. The second-order valence-electron chi connectivity index (χ2n) is 5.88. The lowest BCUT2D eigenvalue weighted by atomic mass is 10.1. The molecule has 1 saturated heterocycles. The van der Waals surface area contributed by atoms with Crippen LogP contribution >= 0.6 is 11.6 Å². The first-order chi connectivity index (χ1) is 12.1. The Bertz CT molecular complexity index is 956. The number of carboxylic acid groups (broad SMARTS) is 1. The van der Waals surface area contributed by atoms with Gasteiger partial charge in [-0.3, -0.25) is 4.98 Å². The Kier molecular flexibility index (Phi) is 4.03. The molecule has 1 aliphatic heterocycles. The van der Waals surface area contributed by atoms with Crippen molar-refractivity contribution in [1.29, 1.82) is 0 Å². The lowest BCUT2D eigenvalue weighted by molar-refractivity contribution is 0.0697. The third-order valence-electron chi connectivity index (χ3n) is 4.19. The first kappa shape index (κ1) is 15.9. The number of anilines is 2. The Morgan fingerprint density at radius 3 is 2.80 bits per heavy atom. The maximum absolute atomic E-state index is 11.7. The number of aromatic nitrogens is 1. The normalized spacial score (nSPS) is 16.0. The third kappa shape index (κ3) is 3.16. The average molecular weight is 355 g/mol. The van der Waals surface area contributed by atoms with Gasteiger partial charge in [-0.2, -0.15) is 0 Å². The van der Waals surface area contributed by atoms with E-state index in [0.29, 0.717) is 23.9 Å². The molecule has 5 nitrogen and oxygen atoms in total. The molecule has 0 amide bonds. The number of fused-ring (bicyclic) bond motifs is 1. The van der Waals surface area contributed by atoms with Crippen molar-refractivity contribution in [2.75, 3.05) is 18.1 Å². The molecule has 4 rings (SSSR count). The fourth-order valence-corrected chi connectivity index (χ4v) is 3.10. The summed E-state index contributed by atoms with van der Waals surface area (Å²) in [5.74, 6) is -0.960. The number of ether oxygens (including phenoxy) is 1. The molecule has 1 atom stereocenters. The van der Waals surface area contributed by atoms with E-state index in [0.717, 1.165) is 16.6 Å². The Morgan fingerprint density at radius 1 is 1.24 bits per heavy atom. The molecule has 0 bridgehead atoms. The van der Waals surface area contributed by atoms with E-state index in [9.17, 15) is 9.90 Å². The standard InChI is InChI=1S/C19H15ClN2O3/c20-12-5-6-14-16(9-12)21-8-7-18(14)22(10-13-11-25-13)17-4-2-1-3-15(17)19(23)24/h1-9,13H,10-11H2,(H,23,24). The SMILES string of the molecule is O=C(O)c1ccccc1N(CC1CO1)c1ccnc2cc(Cl)ccc12. The summed E-state index contributed by atoms with van der Waals surface area (Å²) in [4.78, 5) is 18.0. The fraction of sp³-hybridized carbons (Fsp3) is 0.158. The van der Waals surface area contributed by atoms with Crippen LogP contribution in [-0.2, 0) is 4.74 Å². The van der Waals surface area contributed by atoms with Crippen LogP contribution in [0.1, 0.15) is 10.4 Å². The van der Waals surface area contributed by atoms with Crippen LogP contribution in [-0.4, -0.2) is 35.3 Å². The number of carboxylic acids is 1. The van der Waals surface area contributed by atoms with Gasteiger partial charge in [-0.05, 0) is 36.4 Å². The molecular formula is C19H15ClN2O3. The maximum atomic E-state index is 11.7. The highest BCUT2D eigenvalue weighted by molar-refractivity contribution is 6.31. The number of epoxide rings is 1. The van der Waals surface area contributed by atoms with E-state index >= 15 is 0 Å². The number of hydrogen-bond donors (Lipinski definition) is 1. The molecule has 0 radical (unpaired) electrons. The molecule has 0 aliphatic carbocycles. The molecule has 1 unspecified atom stereocenters. The van der Waals surface area contributed by atoms with Gasteiger partial charge in [0.1, 0.15) is 0 Å². The Labute approximate surface area is 149 Å². The number of para-hydroxylation sites is 1. The van der Waals surface area contributed by atoms with Gasteiger partial charge in [-0.25, -0.2) is 4.79 Å². The number of pyridine rings is 1. The summed E-state index contributed by atoms with van der Waals surface area (Å²) in [6, 6.07) is 14.4. The molecule has 126 valence electrons. The zero-order chi connectivity index (χ0) is 17.4. The van der Waals surface area contributed by atoms with Crippen molar-refractivity contribution in [3.05, 3.63) is 65.3 Å². The smallest absolute Gasteiger partial charge is 0.337 e. The van der Waals surface area contributed by atoms with Crippen molar-refractivity contribution in [2.45, 2.75) is 6.10 Å². The van der Waals surface area contributed by atoms with E-state index in [1.54, 1.807) is 24.4 Å². The van der Waals surface area contributed by atoms with Gasteiger partial charge < -0.3 is 14.7 Å². The minimum atomic E-state index is -0.960. The van der Waals surface area contributed by atoms with Crippen molar-refractivity contribution in [3.8, 4) is 0 Å². The minimum absolute atomic E-state index is 0.0948. The summed E-state index contributed by atoms with van der Waals surface area (Å²) in [6.45, 7) is 1.26. The molecule has 1 aromatic heterocycles. The summed E-state index contributed by atoms with van der Waals surface area (Å²) in [5.41, 5.74) is 2.53. The molecule has 2 aromatic carbocycles. The van der Waals surface area contributed by atoms with Crippen molar-refractivity contribution < 1.29 is 14.6 Å². The topological polar surface area (TPSA) is 66.0 Å². The third-order valence-corrected chi connectivity index (χ3v) is 4.42. The van der Waals surface area contributed by atoms with Gasteiger partial charge in [0.05, 0.1) is 41.7 Å². The lowest BCUT2D eigenvalue weighted by Gasteiger charge is -2.27. The number of carbonyl (C=O) groups is 1. The minimum Gasteiger partial charge on any atom is -0.478 e. The Balaban J connectivity index is 1.90. The van der Waals surface area contributed by atoms with Crippen LogP contribution < -0.4 is 4.90 Å². The number of halogens is 1. The van der Waals surface area contributed by atoms with Crippen LogP contribution in [0.25, 0.3) is 10.9 Å². The van der Waals surface area contributed by atoms with Gasteiger partial charge in [-0.1, -0.05) is 23.7 Å². The Hall–Kier alpha value is -2.63. The van der Waals surface area contributed by atoms with Gasteiger partial charge in [0.15, 0.2) is 0 Å². The maximum Gasteiger partial charge on any atom is 0.337 e. The molecule has 6 heteroatoms. The molecule has 1 fully saturated rings. The van der Waals surface area contributed by atoms with Crippen molar-refractivity contribution in [3.63, 3.8) is 0 Å². The summed E-state index contributed by atoms with van der Waals surface area (Å²) in [7, 11) is 0. The summed E-state index contributed by atoms with van der Waals surface area (Å²) in [6.07, 6.45) is 1.80. The quantitative estimate of drug-likeness (QED) is 0.698. The van der Waals surface area contributed by atoms with Crippen LogP contribution in [0, 0.1) is 0 Å². The number of benzene rings is 2. The molecule has 1 aliphatic rings. The second kappa shape index (κ2) is 6.35. The summed E-state index contributed by atoms with van der Waals surface area (Å²) < 4.78 is 5.39. The molecule has 0 spiro atoms. The van der Waals surface area contributed by atoms with Crippen LogP contribution in [0.15, 0.2) is 54.7 Å². The van der Waals surface area contributed by atoms with Crippen LogP contribution in [0.4, 0.5) is 11.4 Å². The molecular weight excluding hydrogens is 340 g/mol. The Morgan fingerprint density at radius 2 is 2.04 bits per heavy atom. The molecule has 3 aromatic rings. The number of hydrogen-bond acceptors (Lipinski definition) is 4. The van der Waals surface area contributed by atoms with E-state index < -0.39 is 5.97 Å². The predicted octanol–water partition coefficient (Wildman–Crippen LogP) is 4.12. The van der Waals surface area contributed by atoms with Crippen molar-refractivity contribution >= 4 is 39.8 Å². The summed E-state index contributed by atoms with van der Waals surface area (Å²) >= 11 is 6.08. The van der Waals surface area contributed by atoms with Crippen LogP contribution in [0.2, 0.25) is 5.02 Å². The van der Waals surface area contributed by atoms with Crippen LogP contribution in [0.5, 0.6) is 0 Å². The molecule has 2 heterocycles. The zero-order valence-electron chi connectivity index (χ0n) is 13.2. The number of aromatic carboxylic acids is 1. The molecule has 0 saturated carbocycles. The second-order valence-corrected chi connectivity index (χ2v) is 6.32. The van der Waals surface area contributed by atoms with Crippen LogP contribution in [0.3, 0.4) is 0 Å². The van der Waals surface area contributed by atoms with Gasteiger partial charge in [0.25, 0.3) is 0 Å². The van der Waals surface area contributed by atoms with Crippen molar-refractivity contribution in [1.82, 2.24) is 4.98 Å². The van der Waals surface area contributed by atoms with Gasteiger partial charge >= 0.3 is 5.97 Å². The zero-order valence-corrected chi connectivity index (χ0v) is 14.0. The highest BCUT2D eigenvalue weighted by atomic mass is 35.5. The monoisotopic (exact) mass is 354 g/mol. The first-order valence-corrected chi connectivity index (χ1v) is 8.27. The van der Waals surface area contributed by atoms with E-state index in [-0.39, 0.29) is 11.7 Å².